The van der Waals surface area contributed by atoms with Gasteiger partial charge >= 0.3 is 0 Å². The summed E-state index contributed by atoms with van der Waals surface area (Å²) < 4.78 is 0.664. The number of amides is 1. The van der Waals surface area contributed by atoms with Crippen molar-refractivity contribution in [1.29, 1.82) is 0 Å². The minimum absolute atomic E-state index is 0.282. The molecule has 0 atom stereocenters. The largest absolute Gasteiger partial charge is 0.382 e. The molecular formula is C23H15Cl3N6OS. The van der Waals surface area contributed by atoms with Crippen molar-refractivity contribution in [3.8, 4) is 0 Å². The number of pyridine rings is 1. The second kappa shape index (κ2) is 8.88. The molecule has 0 fully saturated rings. The van der Waals surface area contributed by atoms with Gasteiger partial charge in [-0.3, -0.25) is 9.78 Å². The van der Waals surface area contributed by atoms with E-state index in [4.69, 9.17) is 40.5 Å². The zero-order valence-electron chi connectivity index (χ0n) is 17.5. The first-order valence-corrected chi connectivity index (χ1v) is 11.9. The van der Waals surface area contributed by atoms with Crippen molar-refractivity contribution in [2.24, 2.45) is 0 Å². The van der Waals surface area contributed by atoms with Crippen LogP contribution >= 0.6 is 46.1 Å². The third-order valence-corrected chi connectivity index (χ3v) is 7.57. The van der Waals surface area contributed by atoms with E-state index in [2.05, 4.69) is 20.3 Å². The number of carbonyl (C=O) groups is 1. The molecule has 5 rings (SSSR count). The number of hydrogen-bond acceptors (Lipinski definition) is 7. The summed E-state index contributed by atoms with van der Waals surface area (Å²) in [6, 6.07) is 9.09. The Bertz CT molecular complexity index is 1570. The fraction of sp³-hybridized carbons (Fsp3) is 0.0435. The van der Waals surface area contributed by atoms with Gasteiger partial charge in [0.2, 0.25) is 0 Å². The standard InChI is InChI=1S/C23H15Cl3N6OS/c1-32(12-6-15(24)18(26)16(25)7-12)17-3-2-11-8-28-5-4-13(11)19(17)31-23(33)14-9-34-21-20(14)29-10-30-22(21)27/h2-10H,1H3,(H,31,33)(H2,27,29,30). The molecule has 5 aromatic rings. The molecule has 0 saturated carbocycles. The van der Waals surface area contributed by atoms with Crippen LogP contribution in [0.4, 0.5) is 22.9 Å². The van der Waals surface area contributed by atoms with Crippen LogP contribution in [0.2, 0.25) is 15.1 Å². The highest BCUT2D eigenvalue weighted by Gasteiger charge is 2.20. The third kappa shape index (κ3) is 3.88. The quantitative estimate of drug-likeness (QED) is 0.248. The molecule has 0 spiro atoms. The van der Waals surface area contributed by atoms with Gasteiger partial charge in [-0.2, -0.15) is 0 Å². The number of carbonyl (C=O) groups excluding carboxylic acids is 1. The molecular weight excluding hydrogens is 515 g/mol. The minimum atomic E-state index is -0.324. The number of anilines is 4. The smallest absolute Gasteiger partial charge is 0.258 e. The fourth-order valence-corrected chi connectivity index (χ4v) is 5.14. The van der Waals surface area contributed by atoms with E-state index in [9.17, 15) is 4.79 Å². The van der Waals surface area contributed by atoms with Gasteiger partial charge in [0.05, 0.1) is 42.2 Å². The highest BCUT2D eigenvalue weighted by Crippen LogP contribution is 2.41. The van der Waals surface area contributed by atoms with E-state index in [1.165, 1.54) is 17.7 Å². The fourth-order valence-electron chi connectivity index (χ4n) is 3.65. The van der Waals surface area contributed by atoms with Gasteiger partial charge in [0.15, 0.2) is 0 Å². The number of nitrogen functional groups attached to an aromatic ring is 1. The Morgan fingerprint density at radius 3 is 2.65 bits per heavy atom. The number of thiophene rings is 1. The lowest BCUT2D eigenvalue weighted by molar-refractivity contribution is 0.102. The zero-order chi connectivity index (χ0) is 24.0. The summed E-state index contributed by atoms with van der Waals surface area (Å²) in [6.45, 7) is 0. The van der Waals surface area contributed by atoms with E-state index in [0.717, 1.165) is 16.5 Å². The average Bonchev–Trinajstić information content (AvgIpc) is 3.28. The number of halogens is 3. The number of nitrogens with zero attached hydrogens (tertiary/aromatic N) is 4. The molecule has 3 aromatic heterocycles. The number of rotatable bonds is 4. The molecule has 3 heterocycles. The second-order valence-electron chi connectivity index (χ2n) is 7.38. The van der Waals surface area contributed by atoms with Crippen molar-refractivity contribution in [3.05, 3.63) is 75.1 Å². The first kappa shape index (κ1) is 22.6. The molecule has 7 nitrogen and oxygen atoms in total. The maximum absolute atomic E-state index is 13.4. The van der Waals surface area contributed by atoms with E-state index >= 15 is 0 Å². The molecule has 170 valence electrons. The Morgan fingerprint density at radius 2 is 1.88 bits per heavy atom. The number of benzene rings is 2. The topological polar surface area (TPSA) is 97.0 Å². The van der Waals surface area contributed by atoms with Gasteiger partial charge in [-0.1, -0.05) is 40.9 Å². The lowest BCUT2D eigenvalue weighted by Crippen LogP contribution is -2.17. The van der Waals surface area contributed by atoms with Crippen LogP contribution in [-0.4, -0.2) is 27.9 Å². The molecule has 11 heteroatoms. The Labute approximate surface area is 213 Å². The van der Waals surface area contributed by atoms with Gasteiger partial charge in [-0.15, -0.1) is 11.3 Å². The molecule has 0 aliphatic rings. The van der Waals surface area contributed by atoms with Gasteiger partial charge in [0.25, 0.3) is 5.91 Å². The lowest BCUT2D eigenvalue weighted by atomic mass is 10.1. The van der Waals surface area contributed by atoms with Crippen LogP contribution in [0.5, 0.6) is 0 Å². The maximum Gasteiger partial charge on any atom is 0.258 e. The molecule has 0 bridgehead atoms. The summed E-state index contributed by atoms with van der Waals surface area (Å²) in [7, 11) is 1.85. The van der Waals surface area contributed by atoms with Crippen molar-refractivity contribution in [3.63, 3.8) is 0 Å². The summed E-state index contributed by atoms with van der Waals surface area (Å²) in [5.41, 5.74) is 8.86. The molecule has 0 radical (unpaired) electrons. The number of fused-ring (bicyclic) bond motifs is 2. The molecule has 34 heavy (non-hydrogen) atoms. The van der Waals surface area contributed by atoms with Crippen LogP contribution in [0, 0.1) is 0 Å². The Morgan fingerprint density at radius 1 is 1.12 bits per heavy atom. The van der Waals surface area contributed by atoms with Crippen LogP contribution in [0.25, 0.3) is 21.0 Å². The van der Waals surface area contributed by atoms with Gasteiger partial charge < -0.3 is 16.0 Å². The molecule has 0 aliphatic heterocycles. The molecule has 1 amide bonds. The molecule has 3 N–H and O–H groups in total. The van der Waals surface area contributed by atoms with Crippen LogP contribution < -0.4 is 16.0 Å². The van der Waals surface area contributed by atoms with Crippen molar-refractivity contribution in [1.82, 2.24) is 15.0 Å². The summed E-state index contributed by atoms with van der Waals surface area (Å²) in [5, 5.41) is 7.40. The van der Waals surface area contributed by atoms with Gasteiger partial charge in [0.1, 0.15) is 12.1 Å². The number of nitrogens with one attached hydrogen (secondary N) is 1. The number of aromatic nitrogens is 3. The molecule has 0 saturated heterocycles. The summed E-state index contributed by atoms with van der Waals surface area (Å²) in [6.07, 6.45) is 4.75. The van der Waals surface area contributed by atoms with E-state index in [1.54, 1.807) is 29.9 Å². The molecule has 2 aromatic carbocycles. The van der Waals surface area contributed by atoms with Crippen LogP contribution in [-0.2, 0) is 0 Å². The van der Waals surface area contributed by atoms with Crippen molar-refractivity contribution >= 4 is 95.9 Å². The van der Waals surface area contributed by atoms with Crippen LogP contribution in [0.1, 0.15) is 10.4 Å². The molecule has 0 aliphatic carbocycles. The normalized spacial score (nSPS) is 11.2. The highest BCUT2D eigenvalue weighted by molar-refractivity contribution is 7.18. The predicted molar refractivity (Wildman–Crippen MR) is 141 cm³/mol. The van der Waals surface area contributed by atoms with Gasteiger partial charge in [-0.25, -0.2) is 9.97 Å². The lowest BCUT2D eigenvalue weighted by Gasteiger charge is -2.25. The van der Waals surface area contributed by atoms with E-state index in [0.29, 0.717) is 43.0 Å². The first-order chi connectivity index (χ1) is 16.3. The Balaban J connectivity index is 1.63. The van der Waals surface area contributed by atoms with Crippen LogP contribution in [0.3, 0.4) is 0 Å². The minimum Gasteiger partial charge on any atom is -0.382 e. The van der Waals surface area contributed by atoms with E-state index in [1.807, 2.05) is 30.1 Å². The SMILES string of the molecule is CN(c1cc(Cl)c(Cl)c(Cl)c1)c1ccc2cnccc2c1NC(=O)c1csc2c(N)ncnc12. The second-order valence-corrected chi connectivity index (χ2v) is 9.45. The number of nitrogens with two attached hydrogens (primary N) is 1. The summed E-state index contributed by atoms with van der Waals surface area (Å²) in [4.78, 5) is 27.7. The van der Waals surface area contributed by atoms with Crippen molar-refractivity contribution in [2.45, 2.75) is 0 Å². The Hall–Kier alpha value is -3.17. The average molecular weight is 530 g/mol. The van der Waals surface area contributed by atoms with Crippen LogP contribution in [0.15, 0.2) is 54.4 Å². The summed E-state index contributed by atoms with van der Waals surface area (Å²) >= 11 is 20.0. The van der Waals surface area contributed by atoms with E-state index in [-0.39, 0.29) is 10.9 Å². The zero-order valence-corrected chi connectivity index (χ0v) is 20.6. The Kier molecular flexibility index (Phi) is 5.91. The maximum atomic E-state index is 13.4. The third-order valence-electron chi connectivity index (χ3n) is 5.38. The predicted octanol–water partition coefficient (Wildman–Crippen LogP) is 6.80. The first-order valence-electron chi connectivity index (χ1n) is 9.89. The monoisotopic (exact) mass is 528 g/mol. The molecule has 0 unspecified atom stereocenters. The summed E-state index contributed by atoms with van der Waals surface area (Å²) in [5.74, 6) is 0.0117. The van der Waals surface area contributed by atoms with Gasteiger partial charge in [-0.05, 0) is 24.3 Å². The van der Waals surface area contributed by atoms with E-state index < -0.39 is 0 Å². The van der Waals surface area contributed by atoms with Crippen molar-refractivity contribution < 1.29 is 4.79 Å². The van der Waals surface area contributed by atoms with Gasteiger partial charge in [0, 0.05) is 41.3 Å². The van der Waals surface area contributed by atoms with Crippen molar-refractivity contribution in [2.75, 3.05) is 23.0 Å². The highest BCUT2D eigenvalue weighted by atomic mass is 35.5. The number of hydrogen-bond donors (Lipinski definition) is 2.